The highest BCUT2D eigenvalue weighted by Crippen LogP contribution is 2.28. The van der Waals surface area contributed by atoms with Crippen molar-refractivity contribution in [1.82, 2.24) is 15.6 Å². The van der Waals surface area contributed by atoms with E-state index in [0.29, 0.717) is 12.1 Å². The minimum atomic E-state index is -4.78. The first kappa shape index (κ1) is 20.7. The van der Waals surface area contributed by atoms with Crippen LogP contribution in [0, 0.1) is 0 Å². The Morgan fingerprint density at radius 2 is 2.11 bits per heavy atom. The number of rotatable bonds is 4. The fraction of sp³-hybridized carbons (Fsp3) is 0.412. The van der Waals surface area contributed by atoms with Gasteiger partial charge in [-0.15, -0.1) is 13.2 Å². The average Bonchev–Trinajstić information content (AvgIpc) is 3.26. The van der Waals surface area contributed by atoms with Crippen LogP contribution in [-0.4, -0.2) is 50.6 Å². The summed E-state index contributed by atoms with van der Waals surface area (Å²) in [6, 6.07) is 5.27. The molecule has 0 saturated carbocycles. The lowest BCUT2D eigenvalue weighted by molar-refractivity contribution is -0.274. The minimum absolute atomic E-state index is 0.0105. The Balaban J connectivity index is 0.000000817. The van der Waals surface area contributed by atoms with Gasteiger partial charge in [-0.05, 0) is 25.1 Å². The van der Waals surface area contributed by atoms with Crippen LogP contribution in [0.4, 0.5) is 13.2 Å². The summed E-state index contributed by atoms with van der Waals surface area (Å²) >= 11 is 0. The second-order valence-electron chi connectivity index (χ2n) is 5.68. The van der Waals surface area contributed by atoms with E-state index in [9.17, 15) is 18.0 Å². The summed E-state index contributed by atoms with van der Waals surface area (Å²) < 4.78 is 50.2. The molecule has 1 aliphatic heterocycles. The first-order valence-corrected chi connectivity index (χ1v) is 8.06. The fourth-order valence-electron chi connectivity index (χ4n) is 2.38. The molecule has 1 amide bonds. The molecule has 1 aromatic heterocycles. The van der Waals surface area contributed by atoms with Gasteiger partial charge in [0.2, 0.25) is 0 Å². The number of carbonyl (C=O) groups excluding carboxylic acids is 1. The molecule has 7 nitrogen and oxygen atoms in total. The normalized spacial score (nSPS) is 16.4. The maximum Gasteiger partial charge on any atom is 0.573 e. The van der Waals surface area contributed by atoms with Gasteiger partial charge in [0.25, 0.3) is 5.89 Å². The first-order valence-electron chi connectivity index (χ1n) is 8.06. The molecule has 2 aromatic rings. The van der Waals surface area contributed by atoms with Gasteiger partial charge in [-0.25, -0.2) is 4.98 Å². The van der Waals surface area contributed by atoms with Gasteiger partial charge in [0.15, 0.2) is 5.76 Å². The Hall–Kier alpha value is -2.59. The third kappa shape index (κ3) is 6.57. The molecule has 1 unspecified atom stereocenters. The number of halogens is 3. The van der Waals surface area contributed by atoms with Crippen molar-refractivity contribution in [3.63, 3.8) is 0 Å². The van der Waals surface area contributed by atoms with E-state index in [1.54, 1.807) is 14.2 Å². The third-order valence-corrected chi connectivity index (χ3v) is 3.45. The van der Waals surface area contributed by atoms with Gasteiger partial charge in [0.1, 0.15) is 5.75 Å². The summed E-state index contributed by atoms with van der Waals surface area (Å²) in [7, 11) is 3.25. The zero-order valence-electron chi connectivity index (χ0n) is 14.8. The van der Waals surface area contributed by atoms with Crippen molar-refractivity contribution >= 4 is 5.91 Å². The Bertz CT molecular complexity index is 743. The monoisotopic (exact) mass is 387 g/mol. The number of carbonyl (C=O) groups is 1. The van der Waals surface area contributed by atoms with Crippen LogP contribution in [0.3, 0.4) is 0 Å². The van der Waals surface area contributed by atoms with Crippen molar-refractivity contribution in [3.8, 4) is 17.1 Å². The Morgan fingerprint density at radius 1 is 1.37 bits per heavy atom. The van der Waals surface area contributed by atoms with Gasteiger partial charge >= 0.3 is 12.3 Å². The van der Waals surface area contributed by atoms with Crippen molar-refractivity contribution < 1.29 is 31.9 Å². The number of nitrogens with zero attached hydrogens (tertiary/aromatic N) is 1. The van der Waals surface area contributed by atoms with Gasteiger partial charge in [-0.3, -0.25) is 4.79 Å². The van der Waals surface area contributed by atoms with E-state index in [4.69, 9.17) is 4.42 Å². The molecule has 27 heavy (non-hydrogen) atoms. The number of oxazole rings is 1. The molecule has 1 fully saturated rings. The zero-order valence-corrected chi connectivity index (χ0v) is 14.8. The summed E-state index contributed by atoms with van der Waals surface area (Å²) in [5.74, 6) is -0.798. The van der Waals surface area contributed by atoms with Crippen LogP contribution in [0.1, 0.15) is 17.1 Å². The maximum atomic E-state index is 12.3. The molecule has 1 aromatic carbocycles. The van der Waals surface area contributed by atoms with Crippen LogP contribution in [0.15, 0.2) is 34.9 Å². The highest BCUT2D eigenvalue weighted by Gasteiger charge is 2.31. The second kappa shape index (κ2) is 9.38. The minimum Gasteiger partial charge on any atom is -0.432 e. The van der Waals surface area contributed by atoms with Gasteiger partial charge < -0.3 is 24.5 Å². The number of benzene rings is 1. The molecule has 10 heteroatoms. The van der Waals surface area contributed by atoms with E-state index >= 15 is 0 Å². The first-order chi connectivity index (χ1) is 12.8. The molecular formula is C17H20F3N3O4. The standard InChI is InChI=1S/C15H14F3N3O3.C2H6O/c16-15(17,18)24-11-3-1-2-9(6-11)12-8-20-14(23-12)13(22)21-10-4-5-19-7-10;1-3-2/h1-3,6,8,10,19H,4-5,7H2,(H,21,22);1-2H3. The van der Waals surface area contributed by atoms with Crippen LogP contribution >= 0.6 is 0 Å². The predicted molar refractivity (Wildman–Crippen MR) is 90.3 cm³/mol. The highest BCUT2D eigenvalue weighted by molar-refractivity contribution is 5.90. The Kier molecular flexibility index (Phi) is 7.19. The molecule has 2 heterocycles. The number of aromatic nitrogens is 1. The quantitative estimate of drug-likeness (QED) is 0.839. The summed E-state index contributed by atoms with van der Waals surface area (Å²) in [6.07, 6.45) is -2.68. The summed E-state index contributed by atoms with van der Waals surface area (Å²) in [5.41, 5.74) is 0.325. The van der Waals surface area contributed by atoms with Crippen molar-refractivity contribution in [2.75, 3.05) is 27.3 Å². The molecule has 148 valence electrons. The van der Waals surface area contributed by atoms with Crippen LogP contribution in [-0.2, 0) is 4.74 Å². The number of hydrogen-bond donors (Lipinski definition) is 2. The van der Waals surface area contributed by atoms with E-state index in [0.717, 1.165) is 19.0 Å². The number of ether oxygens (including phenoxy) is 2. The molecule has 1 saturated heterocycles. The number of methoxy groups -OCH3 is 1. The number of alkyl halides is 3. The molecule has 2 N–H and O–H groups in total. The summed E-state index contributed by atoms with van der Waals surface area (Å²) in [6.45, 7) is 1.50. The SMILES string of the molecule is COC.O=C(NC1CCNC1)c1ncc(-c2cccc(OC(F)(F)F)c2)o1. The Labute approximate surface area is 153 Å². The number of nitrogens with one attached hydrogen (secondary N) is 2. The van der Waals surface area contributed by atoms with Crippen LogP contribution in [0.2, 0.25) is 0 Å². The van der Waals surface area contributed by atoms with Gasteiger partial charge in [-0.2, -0.15) is 0 Å². The molecule has 0 aliphatic carbocycles. The van der Waals surface area contributed by atoms with E-state index in [2.05, 4.69) is 25.1 Å². The molecule has 1 atom stereocenters. The molecule has 0 radical (unpaired) electrons. The summed E-state index contributed by atoms with van der Waals surface area (Å²) in [5, 5.41) is 5.88. The van der Waals surface area contributed by atoms with E-state index in [1.165, 1.54) is 24.4 Å². The smallest absolute Gasteiger partial charge is 0.432 e. The number of amides is 1. The molecule has 1 aliphatic rings. The van der Waals surface area contributed by atoms with Gasteiger partial charge in [0.05, 0.1) is 6.20 Å². The second-order valence-corrected chi connectivity index (χ2v) is 5.68. The Morgan fingerprint density at radius 3 is 2.74 bits per heavy atom. The fourth-order valence-corrected chi connectivity index (χ4v) is 2.38. The zero-order chi connectivity index (χ0) is 19.9. The third-order valence-electron chi connectivity index (χ3n) is 3.45. The van der Waals surface area contributed by atoms with E-state index < -0.39 is 12.3 Å². The lowest BCUT2D eigenvalue weighted by Crippen LogP contribution is -2.36. The van der Waals surface area contributed by atoms with Crippen molar-refractivity contribution in [3.05, 3.63) is 36.4 Å². The topological polar surface area (TPSA) is 85.6 Å². The molecule has 3 rings (SSSR count). The molecule has 0 bridgehead atoms. The largest absolute Gasteiger partial charge is 0.573 e. The maximum absolute atomic E-state index is 12.3. The van der Waals surface area contributed by atoms with Gasteiger partial charge in [0, 0.05) is 32.4 Å². The van der Waals surface area contributed by atoms with Crippen LogP contribution < -0.4 is 15.4 Å². The lowest BCUT2D eigenvalue weighted by atomic mass is 10.2. The summed E-state index contributed by atoms with van der Waals surface area (Å²) in [4.78, 5) is 15.9. The highest BCUT2D eigenvalue weighted by atomic mass is 19.4. The van der Waals surface area contributed by atoms with Crippen molar-refractivity contribution in [1.29, 1.82) is 0 Å². The average molecular weight is 387 g/mol. The van der Waals surface area contributed by atoms with Crippen molar-refractivity contribution in [2.24, 2.45) is 0 Å². The molecule has 0 spiro atoms. The van der Waals surface area contributed by atoms with Gasteiger partial charge in [-0.1, -0.05) is 12.1 Å². The molecular weight excluding hydrogens is 367 g/mol. The predicted octanol–water partition coefficient (Wildman–Crippen LogP) is 2.59. The van der Waals surface area contributed by atoms with Crippen LogP contribution in [0.25, 0.3) is 11.3 Å². The van der Waals surface area contributed by atoms with Crippen molar-refractivity contribution in [2.45, 2.75) is 18.8 Å². The number of hydrogen-bond acceptors (Lipinski definition) is 6. The lowest BCUT2D eigenvalue weighted by Gasteiger charge is -2.09. The van der Waals surface area contributed by atoms with E-state index in [-0.39, 0.29) is 23.4 Å². The van der Waals surface area contributed by atoms with E-state index in [1.807, 2.05) is 0 Å². The van der Waals surface area contributed by atoms with Crippen LogP contribution in [0.5, 0.6) is 5.75 Å².